The summed E-state index contributed by atoms with van der Waals surface area (Å²) in [4.78, 5) is 12.3. The maximum absolute atomic E-state index is 12.3. The first kappa shape index (κ1) is 17.9. The molecule has 7 heteroatoms. The molecule has 1 aromatic heterocycles. The van der Waals surface area contributed by atoms with Gasteiger partial charge in [0.1, 0.15) is 10.8 Å². The van der Waals surface area contributed by atoms with E-state index in [1.165, 1.54) is 38.5 Å². The fourth-order valence-electron chi connectivity index (χ4n) is 5.92. The highest BCUT2D eigenvalue weighted by Crippen LogP contribution is 2.61. The van der Waals surface area contributed by atoms with Crippen LogP contribution in [0.25, 0.3) is 0 Å². The Morgan fingerprint density at radius 3 is 2.32 bits per heavy atom. The summed E-state index contributed by atoms with van der Waals surface area (Å²) >= 11 is 1.56. The van der Waals surface area contributed by atoms with Crippen LogP contribution in [-0.2, 0) is 5.41 Å². The Hall–Kier alpha value is -2.15. The van der Waals surface area contributed by atoms with Crippen LogP contribution >= 0.6 is 11.3 Å². The molecule has 0 aliphatic heterocycles. The minimum Gasteiger partial charge on any atom is -0.494 e. The Morgan fingerprint density at radius 2 is 1.71 bits per heavy atom. The Bertz CT molecular complexity index is 828. The zero-order valence-electron chi connectivity index (χ0n) is 16.1. The summed E-state index contributed by atoms with van der Waals surface area (Å²) in [7, 11) is 0. The molecular weight excluding hydrogens is 372 g/mol. The second kappa shape index (κ2) is 7.03. The molecule has 0 atom stereocenters. The molecule has 2 aromatic rings. The first-order chi connectivity index (χ1) is 13.6. The van der Waals surface area contributed by atoms with Crippen molar-refractivity contribution >= 4 is 28.2 Å². The number of nitrogens with zero attached hydrogens (tertiary/aromatic N) is 2. The van der Waals surface area contributed by atoms with Gasteiger partial charge in [-0.2, -0.15) is 0 Å². The van der Waals surface area contributed by atoms with E-state index in [0.29, 0.717) is 17.4 Å². The van der Waals surface area contributed by atoms with Gasteiger partial charge < -0.3 is 10.1 Å². The predicted octanol–water partition coefficient (Wildman–Crippen LogP) is 5.05. The monoisotopic (exact) mass is 398 g/mol. The van der Waals surface area contributed by atoms with Crippen molar-refractivity contribution in [3.8, 4) is 5.75 Å². The minimum atomic E-state index is -0.294. The van der Waals surface area contributed by atoms with Gasteiger partial charge in [-0.25, -0.2) is 4.79 Å². The SMILES string of the molecule is CCOc1ccc(NC(=O)Nc2nnc(C34CC5CC(CC(C5)C3)C4)s2)cc1. The first-order valence-electron chi connectivity index (χ1n) is 10.3. The van der Waals surface area contributed by atoms with Gasteiger partial charge >= 0.3 is 6.03 Å². The largest absolute Gasteiger partial charge is 0.494 e. The summed E-state index contributed by atoms with van der Waals surface area (Å²) in [6.07, 6.45) is 8.00. The van der Waals surface area contributed by atoms with Crippen molar-refractivity contribution < 1.29 is 9.53 Å². The van der Waals surface area contributed by atoms with Crippen LogP contribution in [0.1, 0.15) is 50.5 Å². The minimum absolute atomic E-state index is 0.220. The van der Waals surface area contributed by atoms with Crippen LogP contribution in [0, 0.1) is 17.8 Å². The number of urea groups is 1. The number of benzene rings is 1. The van der Waals surface area contributed by atoms with Gasteiger partial charge in [0.2, 0.25) is 5.13 Å². The van der Waals surface area contributed by atoms with Gasteiger partial charge in [0, 0.05) is 11.1 Å². The number of carbonyl (C=O) groups excluding carboxylic acids is 1. The van der Waals surface area contributed by atoms with Crippen LogP contribution < -0.4 is 15.4 Å². The summed E-state index contributed by atoms with van der Waals surface area (Å²) in [6.45, 7) is 2.57. The van der Waals surface area contributed by atoms with E-state index in [1.54, 1.807) is 11.3 Å². The van der Waals surface area contributed by atoms with E-state index in [2.05, 4.69) is 20.8 Å². The van der Waals surface area contributed by atoms with E-state index in [0.717, 1.165) is 28.5 Å². The molecular formula is C21H26N4O2S. The molecule has 6 rings (SSSR count). The fourth-order valence-corrected chi connectivity index (χ4v) is 6.88. The molecule has 2 N–H and O–H groups in total. The molecule has 148 valence electrons. The number of rotatable bonds is 5. The van der Waals surface area contributed by atoms with Gasteiger partial charge in [-0.05, 0) is 87.5 Å². The molecule has 0 unspecified atom stereocenters. The van der Waals surface area contributed by atoms with Crippen molar-refractivity contribution in [2.24, 2.45) is 17.8 Å². The number of ether oxygens (including phenoxy) is 1. The number of carbonyl (C=O) groups is 1. The normalized spacial score (nSPS) is 30.2. The molecule has 0 spiro atoms. The van der Waals surface area contributed by atoms with Gasteiger partial charge in [0.15, 0.2) is 0 Å². The van der Waals surface area contributed by atoms with Crippen LogP contribution in [-0.4, -0.2) is 22.8 Å². The van der Waals surface area contributed by atoms with Crippen molar-refractivity contribution in [3.63, 3.8) is 0 Å². The second-order valence-electron chi connectivity index (χ2n) is 8.65. The second-order valence-corrected chi connectivity index (χ2v) is 9.62. The average molecular weight is 399 g/mol. The highest BCUT2D eigenvalue weighted by Gasteiger charge is 2.53. The molecule has 0 saturated heterocycles. The number of nitrogens with one attached hydrogen (secondary N) is 2. The van der Waals surface area contributed by atoms with Crippen molar-refractivity contribution in [1.29, 1.82) is 0 Å². The van der Waals surface area contributed by atoms with Gasteiger partial charge in [-0.3, -0.25) is 5.32 Å². The lowest BCUT2D eigenvalue weighted by atomic mass is 9.50. The van der Waals surface area contributed by atoms with Gasteiger partial charge in [-0.15, -0.1) is 10.2 Å². The Morgan fingerprint density at radius 1 is 1.07 bits per heavy atom. The maximum atomic E-state index is 12.3. The number of amides is 2. The number of hydrogen-bond acceptors (Lipinski definition) is 5. The zero-order valence-corrected chi connectivity index (χ0v) is 16.9. The topological polar surface area (TPSA) is 76.1 Å². The van der Waals surface area contributed by atoms with Crippen molar-refractivity contribution in [2.45, 2.75) is 50.9 Å². The van der Waals surface area contributed by atoms with Gasteiger partial charge in [-0.1, -0.05) is 11.3 Å². The quantitative estimate of drug-likeness (QED) is 0.739. The molecule has 1 heterocycles. The molecule has 1 aromatic carbocycles. The molecule has 2 amide bonds. The van der Waals surface area contributed by atoms with E-state index in [4.69, 9.17) is 4.74 Å². The molecule has 4 bridgehead atoms. The standard InChI is InChI=1S/C21H26N4O2S/c1-2-27-17-5-3-16(4-6-17)22-19(26)23-20-25-24-18(28-20)21-10-13-7-14(11-21)9-15(8-13)12-21/h3-6,13-15H,2,7-12H2,1H3,(H2,22,23,25,26). The van der Waals surface area contributed by atoms with Crippen LogP contribution in [0.15, 0.2) is 24.3 Å². The summed E-state index contributed by atoms with van der Waals surface area (Å²) < 4.78 is 5.42. The van der Waals surface area contributed by atoms with Crippen LogP contribution in [0.5, 0.6) is 5.75 Å². The van der Waals surface area contributed by atoms with E-state index in [9.17, 15) is 4.79 Å². The Labute approximate surface area is 169 Å². The van der Waals surface area contributed by atoms with E-state index < -0.39 is 0 Å². The van der Waals surface area contributed by atoms with Crippen molar-refractivity contribution in [2.75, 3.05) is 17.2 Å². The number of aromatic nitrogens is 2. The van der Waals surface area contributed by atoms with Crippen molar-refractivity contribution in [1.82, 2.24) is 10.2 Å². The average Bonchev–Trinajstić information content (AvgIpc) is 3.12. The number of anilines is 2. The van der Waals surface area contributed by atoms with E-state index >= 15 is 0 Å². The smallest absolute Gasteiger partial charge is 0.325 e. The maximum Gasteiger partial charge on any atom is 0.325 e. The summed E-state index contributed by atoms with van der Waals surface area (Å²) in [5.74, 6) is 3.40. The lowest BCUT2D eigenvalue weighted by molar-refractivity contribution is -0.00555. The molecule has 4 aliphatic rings. The third-order valence-corrected chi connectivity index (χ3v) is 7.65. The zero-order chi connectivity index (χ0) is 19.1. The molecule has 4 fully saturated rings. The lowest BCUT2D eigenvalue weighted by Crippen LogP contribution is -2.48. The van der Waals surface area contributed by atoms with Crippen LogP contribution in [0.4, 0.5) is 15.6 Å². The lowest BCUT2D eigenvalue weighted by Gasteiger charge is -2.55. The summed E-state index contributed by atoms with van der Waals surface area (Å²) in [5, 5.41) is 16.2. The number of hydrogen-bond donors (Lipinski definition) is 2. The Kier molecular flexibility index (Phi) is 4.50. The Balaban J connectivity index is 1.24. The molecule has 0 radical (unpaired) electrons. The fraction of sp³-hybridized carbons (Fsp3) is 0.571. The third-order valence-electron chi connectivity index (χ3n) is 6.56. The van der Waals surface area contributed by atoms with Crippen LogP contribution in [0.3, 0.4) is 0 Å². The first-order valence-corrected chi connectivity index (χ1v) is 11.1. The summed E-state index contributed by atoms with van der Waals surface area (Å²) in [6, 6.07) is 7.04. The third kappa shape index (κ3) is 3.36. The van der Waals surface area contributed by atoms with Crippen molar-refractivity contribution in [3.05, 3.63) is 29.3 Å². The molecule has 4 saturated carbocycles. The van der Waals surface area contributed by atoms with E-state index in [1.807, 2.05) is 31.2 Å². The van der Waals surface area contributed by atoms with Crippen LogP contribution in [0.2, 0.25) is 0 Å². The summed E-state index contributed by atoms with van der Waals surface area (Å²) in [5.41, 5.74) is 0.935. The van der Waals surface area contributed by atoms with E-state index in [-0.39, 0.29) is 11.4 Å². The molecule has 28 heavy (non-hydrogen) atoms. The molecule has 6 nitrogen and oxygen atoms in total. The predicted molar refractivity (Wildman–Crippen MR) is 110 cm³/mol. The molecule has 4 aliphatic carbocycles. The highest BCUT2D eigenvalue weighted by molar-refractivity contribution is 7.15. The highest BCUT2D eigenvalue weighted by atomic mass is 32.1. The van der Waals surface area contributed by atoms with Gasteiger partial charge in [0.05, 0.1) is 6.61 Å². The van der Waals surface area contributed by atoms with Gasteiger partial charge in [0.25, 0.3) is 0 Å².